The number of benzene rings is 2. The van der Waals surface area contributed by atoms with Gasteiger partial charge in [-0.2, -0.15) is 5.10 Å². The number of hydrazone groups is 1. The van der Waals surface area contributed by atoms with Crippen LogP contribution in [0.25, 0.3) is 0 Å². The number of anilines is 1. The predicted molar refractivity (Wildman–Crippen MR) is 130 cm³/mol. The highest BCUT2D eigenvalue weighted by Crippen LogP contribution is 2.34. The van der Waals surface area contributed by atoms with Crippen molar-refractivity contribution in [1.82, 2.24) is 4.98 Å². The molecule has 2 aromatic carbocycles. The third kappa shape index (κ3) is 6.21. The Kier molecular flexibility index (Phi) is 8.23. The SMILES string of the molecule is C=CCc1cc(/C=N\Nc2ncccc2[N+](=O)[O-])cc(OC)c1OCc1ccc(Cl)c(Cl)c1. The minimum Gasteiger partial charge on any atom is -0.493 e. The van der Waals surface area contributed by atoms with Gasteiger partial charge in [0.1, 0.15) is 6.61 Å². The van der Waals surface area contributed by atoms with Gasteiger partial charge in [0, 0.05) is 17.8 Å². The third-order valence-electron chi connectivity index (χ3n) is 4.47. The fraction of sp³-hybridized carbons (Fsp3) is 0.130. The molecule has 0 aliphatic carbocycles. The van der Waals surface area contributed by atoms with Crippen LogP contribution in [0.3, 0.4) is 0 Å². The molecule has 3 rings (SSSR count). The number of aromatic nitrogens is 1. The fourth-order valence-corrected chi connectivity index (χ4v) is 3.28. The van der Waals surface area contributed by atoms with Crippen molar-refractivity contribution in [3.05, 3.63) is 98.2 Å². The number of rotatable bonds is 10. The molecule has 0 bridgehead atoms. The number of allylic oxidation sites excluding steroid dienone is 1. The van der Waals surface area contributed by atoms with Crippen molar-refractivity contribution in [3.8, 4) is 11.5 Å². The number of methoxy groups -OCH3 is 1. The highest BCUT2D eigenvalue weighted by molar-refractivity contribution is 6.42. The van der Waals surface area contributed by atoms with Crippen molar-refractivity contribution in [2.75, 3.05) is 12.5 Å². The van der Waals surface area contributed by atoms with Gasteiger partial charge < -0.3 is 9.47 Å². The van der Waals surface area contributed by atoms with E-state index in [-0.39, 0.29) is 18.1 Å². The number of hydrogen-bond acceptors (Lipinski definition) is 7. The van der Waals surface area contributed by atoms with Gasteiger partial charge in [0.05, 0.1) is 28.3 Å². The quantitative estimate of drug-likeness (QED) is 0.162. The van der Waals surface area contributed by atoms with Crippen molar-refractivity contribution >= 4 is 40.9 Å². The monoisotopic (exact) mass is 486 g/mol. The normalized spacial score (nSPS) is 10.8. The molecule has 8 nitrogen and oxygen atoms in total. The molecule has 0 spiro atoms. The van der Waals surface area contributed by atoms with Gasteiger partial charge >= 0.3 is 5.69 Å². The summed E-state index contributed by atoms with van der Waals surface area (Å²) in [5, 5.41) is 16.1. The summed E-state index contributed by atoms with van der Waals surface area (Å²) < 4.78 is 11.6. The second-order valence-corrected chi connectivity index (χ2v) is 7.55. The number of hydrogen-bond donors (Lipinski definition) is 1. The van der Waals surface area contributed by atoms with Crippen LogP contribution in [0.2, 0.25) is 10.0 Å². The van der Waals surface area contributed by atoms with Gasteiger partial charge in [0.25, 0.3) is 0 Å². The summed E-state index contributed by atoms with van der Waals surface area (Å²) in [5.41, 5.74) is 4.80. The molecule has 1 N–H and O–H groups in total. The molecule has 0 saturated heterocycles. The first-order valence-corrected chi connectivity index (χ1v) is 10.5. The molecule has 0 radical (unpaired) electrons. The topological polar surface area (TPSA) is 98.9 Å². The van der Waals surface area contributed by atoms with Gasteiger partial charge in [-0.25, -0.2) is 4.98 Å². The Morgan fingerprint density at radius 3 is 2.76 bits per heavy atom. The molecule has 0 unspecified atom stereocenters. The van der Waals surface area contributed by atoms with E-state index in [1.807, 2.05) is 12.1 Å². The summed E-state index contributed by atoms with van der Waals surface area (Å²) in [4.78, 5) is 14.5. The van der Waals surface area contributed by atoms with Crippen molar-refractivity contribution in [1.29, 1.82) is 0 Å². The van der Waals surface area contributed by atoms with Crippen LogP contribution in [0.15, 0.2) is 66.4 Å². The van der Waals surface area contributed by atoms with Gasteiger partial charge in [-0.05, 0) is 47.9 Å². The van der Waals surface area contributed by atoms with Crippen LogP contribution in [0.4, 0.5) is 11.5 Å². The minimum absolute atomic E-state index is 0.0404. The first-order chi connectivity index (χ1) is 15.9. The summed E-state index contributed by atoms with van der Waals surface area (Å²) in [6.07, 6.45) is 5.22. The molecule has 170 valence electrons. The Labute approximate surface area is 200 Å². The Hall–Kier alpha value is -3.62. The number of pyridine rings is 1. The zero-order chi connectivity index (χ0) is 23.8. The molecule has 1 heterocycles. The molecule has 1 aromatic heterocycles. The Balaban J connectivity index is 1.83. The largest absolute Gasteiger partial charge is 0.493 e. The highest BCUT2D eigenvalue weighted by Gasteiger charge is 2.15. The standard InChI is InChI=1S/C23H20Cl2N4O4/c1-3-5-17-10-16(13-27-28-23-20(29(30)31)6-4-9-26-23)12-21(32-2)22(17)33-14-15-7-8-18(24)19(25)11-15/h3-4,6-13H,1,5,14H2,2H3,(H,26,28)/b27-13-. The van der Waals surface area contributed by atoms with Crippen LogP contribution in [-0.2, 0) is 13.0 Å². The average Bonchev–Trinajstić information content (AvgIpc) is 2.80. The molecular weight excluding hydrogens is 467 g/mol. The van der Waals surface area contributed by atoms with E-state index in [2.05, 4.69) is 22.1 Å². The summed E-state index contributed by atoms with van der Waals surface area (Å²) in [6, 6.07) is 11.7. The molecule has 0 saturated carbocycles. The second-order valence-electron chi connectivity index (χ2n) is 6.74. The van der Waals surface area contributed by atoms with Crippen LogP contribution in [0.5, 0.6) is 11.5 Å². The lowest BCUT2D eigenvalue weighted by molar-refractivity contribution is -0.384. The number of nitro groups is 1. The lowest BCUT2D eigenvalue weighted by Gasteiger charge is -2.16. The maximum atomic E-state index is 11.1. The third-order valence-corrected chi connectivity index (χ3v) is 5.21. The zero-order valence-electron chi connectivity index (χ0n) is 17.6. The zero-order valence-corrected chi connectivity index (χ0v) is 19.1. The van der Waals surface area contributed by atoms with Crippen molar-refractivity contribution in [2.24, 2.45) is 5.10 Å². The van der Waals surface area contributed by atoms with E-state index in [1.165, 1.54) is 31.7 Å². The highest BCUT2D eigenvalue weighted by atomic mass is 35.5. The van der Waals surface area contributed by atoms with Crippen molar-refractivity contribution in [2.45, 2.75) is 13.0 Å². The maximum absolute atomic E-state index is 11.1. The number of halogens is 2. The van der Waals surface area contributed by atoms with Crippen LogP contribution >= 0.6 is 23.2 Å². The molecule has 10 heteroatoms. The smallest absolute Gasteiger partial charge is 0.313 e. The van der Waals surface area contributed by atoms with E-state index in [0.717, 1.165) is 11.1 Å². The molecule has 3 aromatic rings. The van der Waals surface area contributed by atoms with E-state index in [4.69, 9.17) is 32.7 Å². The maximum Gasteiger partial charge on any atom is 0.313 e. The van der Waals surface area contributed by atoms with Crippen molar-refractivity contribution < 1.29 is 14.4 Å². The molecular formula is C23H20Cl2N4O4. The molecule has 0 amide bonds. The average molecular weight is 487 g/mol. The summed E-state index contributed by atoms with van der Waals surface area (Å²) in [6.45, 7) is 4.06. The van der Waals surface area contributed by atoms with E-state index in [1.54, 1.807) is 24.3 Å². The Morgan fingerprint density at radius 1 is 1.24 bits per heavy atom. The molecule has 0 atom stereocenters. The van der Waals surface area contributed by atoms with Crippen LogP contribution in [-0.4, -0.2) is 23.2 Å². The van der Waals surface area contributed by atoms with Crippen LogP contribution in [0, 0.1) is 10.1 Å². The first kappa shape index (κ1) is 24.0. The first-order valence-electron chi connectivity index (χ1n) is 9.70. The summed E-state index contributed by atoms with van der Waals surface area (Å²) in [5.74, 6) is 1.10. The molecule has 33 heavy (non-hydrogen) atoms. The lowest BCUT2D eigenvalue weighted by atomic mass is 10.1. The molecule has 0 aliphatic rings. The van der Waals surface area contributed by atoms with Gasteiger partial charge in [0.2, 0.25) is 5.82 Å². The van der Waals surface area contributed by atoms with Crippen molar-refractivity contribution in [3.63, 3.8) is 0 Å². The molecule has 0 fully saturated rings. The fourth-order valence-electron chi connectivity index (χ4n) is 2.96. The van der Waals surface area contributed by atoms with E-state index in [0.29, 0.717) is 33.5 Å². The second kappa shape index (κ2) is 11.3. The number of nitrogens with zero attached hydrogens (tertiary/aromatic N) is 3. The number of ether oxygens (including phenoxy) is 2. The van der Waals surface area contributed by atoms with E-state index in [9.17, 15) is 10.1 Å². The van der Waals surface area contributed by atoms with Crippen LogP contribution < -0.4 is 14.9 Å². The Morgan fingerprint density at radius 2 is 2.06 bits per heavy atom. The lowest BCUT2D eigenvalue weighted by Crippen LogP contribution is -2.03. The van der Waals surface area contributed by atoms with Gasteiger partial charge in [0.15, 0.2) is 11.5 Å². The van der Waals surface area contributed by atoms with Gasteiger partial charge in [-0.1, -0.05) is 35.3 Å². The Bertz CT molecular complexity index is 1200. The van der Waals surface area contributed by atoms with E-state index < -0.39 is 4.92 Å². The summed E-state index contributed by atoms with van der Waals surface area (Å²) >= 11 is 12.1. The number of nitrogens with one attached hydrogen (secondary N) is 1. The van der Waals surface area contributed by atoms with Crippen LogP contribution in [0.1, 0.15) is 16.7 Å². The summed E-state index contributed by atoms with van der Waals surface area (Å²) in [7, 11) is 1.54. The van der Waals surface area contributed by atoms with Gasteiger partial charge in [-0.3, -0.25) is 15.5 Å². The molecule has 0 aliphatic heterocycles. The van der Waals surface area contributed by atoms with E-state index >= 15 is 0 Å². The predicted octanol–water partition coefficient (Wildman–Crippen LogP) is 6.06. The van der Waals surface area contributed by atoms with Gasteiger partial charge in [-0.15, -0.1) is 6.58 Å². The minimum atomic E-state index is -0.532.